The summed E-state index contributed by atoms with van der Waals surface area (Å²) in [6.45, 7) is 3.67. The van der Waals surface area contributed by atoms with Crippen LogP contribution in [0.3, 0.4) is 0 Å². The molecule has 0 radical (unpaired) electrons. The van der Waals surface area contributed by atoms with Crippen molar-refractivity contribution in [1.82, 2.24) is 10.2 Å². The second kappa shape index (κ2) is 5.11. The number of amides is 1. The van der Waals surface area contributed by atoms with Crippen LogP contribution in [-0.2, 0) is 4.79 Å². The molecule has 2 atom stereocenters. The van der Waals surface area contributed by atoms with E-state index in [4.69, 9.17) is 5.11 Å². The SMILES string of the molecule is CC(CO)NC(C)C(=O)N(C)C. The van der Waals surface area contributed by atoms with Crippen LogP contribution in [0, 0.1) is 0 Å². The van der Waals surface area contributed by atoms with Crippen LogP contribution in [0.15, 0.2) is 0 Å². The second-order valence-corrected chi connectivity index (χ2v) is 3.20. The first-order chi connectivity index (χ1) is 5.49. The van der Waals surface area contributed by atoms with E-state index in [1.807, 2.05) is 6.92 Å². The lowest BCUT2D eigenvalue weighted by Gasteiger charge is -2.20. The van der Waals surface area contributed by atoms with Gasteiger partial charge in [-0.1, -0.05) is 0 Å². The van der Waals surface area contributed by atoms with Crippen LogP contribution in [0.1, 0.15) is 13.8 Å². The Morgan fingerprint density at radius 2 is 2.00 bits per heavy atom. The van der Waals surface area contributed by atoms with E-state index in [0.717, 1.165) is 0 Å². The Bertz CT molecular complexity index is 148. The topological polar surface area (TPSA) is 52.6 Å². The van der Waals surface area contributed by atoms with Gasteiger partial charge in [0, 0.05) is 20.1 Å². The fourth-order valence-corrected chi connectivity index (χ4v) is 0.938. The molecule has 0 fully saturated rings. The molecule has 1 amide bonds. The zero-order chi connectivity index (χ0) is 9.72. The molecule has 0 spiro atoms. The highest BCUT2D eigenvalue weighted by atomic mass is 16.3. The van der Waals surface area contributed by atoms with Crippen molar-refractivity contribution in [3.05, 3.63) is 0 Å². The van der Waals surface area contributed by atoms with E-state index in [0.29, 0.717) is 0 Å². The molecule has 0 aliphatic heterocycles. The van der Waals surface area contributed by atoms with Gasteiger partial charge in [0.05, 0.1) is 12.6 Å². The molecule has 2 unspecified atom stereocenters. The second-order valence-electron chi connectivity index (χ2n) is 3.20. The zero-order valence-electron chi connectivity index (χ0n) is 8.16. The van der Waals surface area contributed by atoms with Gasteiger partial charge in [-0.25, -0.2) is 0 Å². The minimum absolute atomic E-state index is 0.0234. The standard InChI is InChI=1S/C8H18N2O2/c1-6(5-11)9-7(2)8(12)10(3)4/h6-7,9,11H,5H2,1-4H3. The van der Waals surface area contributed by atoms with Gasteiger partial charge in [-0.05, 0) is 13.8 Å². The minimum Gasteiger partial charge on any atom is -0.395 e. The van der Waals surface area contributed by atoms with Gasteiger partial charge >= 0.3 is 0 Å². The van der Waals surface area contributed by atoms with Gasteiger partial charge < -0.3 is 15.3 Å². The molecule has 72 valence electrons. The molecular formula is C8H18N2O2. The zero-order valence-corrected chi connectivity index (χ0v) is 8.16. The van der Waals surface area contributed by atoms with Crippen LogP contribution < -0.4 is 5.32 Å². The normalized spacial score (nSPS) is 15.4. The lowest BCUT2D eigenvalue weighted by Crippen LogP contribution is -2.46. The number of likely N-dealkylation sites (N-methyl/N-ethyl adjacent to an activating group) is 1. The van der Waals surface area contributed by atoms with Crippen molar-refractivity contribution in [2.24, 2.45) is 0 Å². The maximum absolute atomic E-state index is 11.3. The van der Waals surface area contributed by atoms with Gasteiger partial charge in [0.1, 0.15) is 0 Å². The van der Waals surface area contributed by atoms with Gasteiger partial charge in [-0.15, -0.1) is 0 Å². The van der Waals surface area contributed by atoms with Crippen LogP contribution in [-0.4, -0.2) is 48.7 Å². The Hall–Kier alpha value is -0.610. The van der Waals surface area contributed by atoms with Gasteiger partial charge in [0.15, 0.2) is 0 Å². The third kappa shape index (κ3) is 3.69. The predicted octanol–water partition coefficient (Wildman–Crippen LogP) is -0.566. The average molecular weight is 174 g/mol. The molecule has 2 N–H and O–H groups in total. The molecule has 0 rings (SSSR count). The van der Waals surface area contributed by atoms with Crippen molar-refractivity contribution in [2.75, 3.05) is 20.7 Å². The summed E-state index contributed by atoms with van der Waals surface area (Å²) in [5, 5.41) is 11.7. The molecular weight excluding hydrogens is 156 g/mol. The number of hydrogen-bond acceptors (Lipinski definition) is 3. The quantitative estimate of drug-likeness (QED) is 0.600. The lowest BCUT2D eigenvalue weighted by molar-refractivity contribution is -0.130. The molecule has 0 aromatic rings. The summed E-state index contributed by atoms with van der Waals surface area (Å²) in [5.74, 6) is 0.0234. The number of aliphatic hydroxyl groups is 1. The summed E-state index contributed by atoms with van der Waals surface area (Å²) in [7, 11) is 3.42. The minimum atomic E-state index is -0.234. The fourth-order valence-electron chi connectivity index (χ4n) is 0.938. The molecule has 4 nitrogen and oxygen atoms in total. The number of carbonyl (C=O) groups is 1. The van der Waals surface area contributed by atoms with Crippen molar-refractivity contribution in [2.45, 2.75) is 25.9 Å². The maximum Gasteiger partial charge on any atom is 0.238 e. The number of carbonyl (C=O) groups excluding carboxylic acids is 1. The molecule has 0 saturated carbocycles. The van der Waals surface area contributed by atoms with E-state index >= 15 is 0 Å². The predicted molar refractivity (Wildman–Crippen MR) is 47.8 cm³/mol. The van der Waals surface area contributed by atoms with Gasteiger partial charge in [-0.3, -0.25) is 4.79 Å². The Labute approximate surface area is 73.6 Å². The first-order valence-corrected chi connectivity index (χ1v) is 4.07. The van der Waals surface area contributed by atoms with E-state index < -0.39 is 0 Å². The summed E-state index contributed by atoms with van der Waals surface area (Å²) >= 11 is 0. The largest absolute Gasteiger partial charge is 0.395 e. The Kier molecular flexibility index (Phi) is 4.85. The van der Waals surface area contributed by atoms with Crippen molar-refractivity contribution in [3.63, 3.8) is 0 Å². The Balaban J connectivity index is 3.86. The fraction of sp³-hybridized carbons (Fsp3) is 0.875. The number of rotatable bonds is 4. The molecule has 0 aliphatic carbocycles. The molecule has 0 saturated heterocycles. The molecule has 0 aromatic heterocycles. The van der Waals surface area contributed by atoms with E-state index in [-0.39, 0.29) is 24.6 Å². The molecule has 12 heavy (non-hydrogen) atoms. The van der Waals surface area contributed by atoms with Gasteiger partial charge in [0.2, 0.25) is 5.91 Å². The van der Waals surface area contributed by atoms with E-state index in [1.54, 1.807) is 21.0 Å². The van der Waals surface area contributed by atoms with Crippen molar-refractivity contribution in [1.29, 1.82) is 0 Å². The summed E-state index contributed by atoms with van der Waals surface area (Å²) in [6, 6.07) is -0.272. The van der Waals surface area contributed by atoms with E-state index in [2.05, 4.69) is 5.32 Å². The summed E-state index contributed by atoms with van der Waals surface area (Å²) in [5.41, 5.74) is 0. The number of nitrogens with zero attached hydrogens (tertiary/aromatic N) is 1. The first kappa shape index (κ1) is 11.4. The van der Waals surface area contributed by atoms with Crippen LogP contribution in [0.2, 0.25) is 0 Å². The molecule has 0 aliphatic rings. The third-order valence-electron chi connectivity index (χ3n) is 1.62. The highest BCUT2D eigenvalue weighted by molar-refractivity contribution is 5.80. The third-order valence-corrected chi connectivity index (χ3v) is 1.62. The van der Waals surface area contributed by atoms with Crippen LogP contribution >= 0.6 is 0 Å². The monoisotopic (exact) mass is 174 g/mol. The molecule has 4 heteroatoms. The lowest BCUT2D eigenvalue weighted by atomic mass is 10.2. The van der Waals surface area contributed by atoms with Crippen molar-refractivity contribution < 1.29 is 9.90 Å². The van der Waals surface area contributed by atoms with Crippen molar-refractivity contribution in [3.8, 4) is 0 Å². The molecule has 0 aromatic carbocycles. The molecule has 0 bridgehead atoms. The van der Waals surface area contributed by atoms with E-state index in [9.17, 15) is 4.79 Å². The number of nitrogens with one attached hydrogen (secondary N) is 1. The number of aliphatic hydroxyl groups excluding tert-OH is 1. The Morgan fingerprint density at radius 3 is 2.33 bits per heavy atom. The highest BCUT2D eigenvalue weighted by Gasteiger charge is 2.15. The summed E-state index contributed by atoms with van der Waals surface area (Å²) in [4.78, 5) is 12.8. The Morgan fingerprint density at radius 1 is 1.50 bits per heavy atom. The summed E-state index contributed by atoms with van der Waals surface area (Å²) < 4.78 is 0. The summed E-state index contributed by atoms with van der Waals surface area (Å²) in [6.07, 6.45) is 0. The highest BCUT2D eigenvalue weighted by Crippen LogP contribution is 1.90. The van der Waals surface area contributed by atoms with Crippen LogP contribution in [0.5, 0.6) is 0 Å². The first-order valence-electron chi connectivity index (χ1n) is 4.07. The number of hydrogen-bond donors (Lipinski definition) is 2. The average Bonchev–Trinajstić information content (AvgIpc) is 2.02. The van der Waals surface area contributed by atoms with Crippen LogP contribution in [0.25, 0.3) is 0 Å². The van der Waals surface area contributed by atoms with Gasteiger partial charge in [0.25, 0.3) is 0 Å². The smallest absolute Gasteiger partial charge is 0.238 e. The molecule has 0 heterocycles. The van der Waals surface area contributed by atoms with Gasteiger partial charge in [-0.2, -0.15) is 0 Å². The van der Waals surface area contributed by atoms with Crippen molar-refractivity contribution >= 4 is 5.91 Å². The van der Waals surface area contributed by atoms with Crippen LogP contribution in [0.4, 0.5) is 0 Å². The maximum atomic E-state index is 11.3. The van der Waals surface area contributed by atoms with E-state index in [1.165, 1.54) is 4.90 Å².